The summed E-state index contributed by atoms with van der Waals surface area (Å²) in [6.45, 7) is 0.791. The van der Waals surface area contributed by atoms with Gasteiger partial charge in [-0.05, 0) is 37.8 Å². The van der Waals surface area contributed by atoms with Gasteiger partial charge in [-0.15, -0.1) is 0 Å². The molecule has 33 heavy (non-hydrogen) atoms. The number of allylic oxidation sites excluding steroid dienone is 3. The fourth-order valence-electron chi connectivity index (χ4n) is 4.00. The van der Waals surface area contributed by atoms with E-state index in [1.165, 1.54) is 30.9 Å². The Hall–Kier alpha value is -3.10. The Labute approximate surface area is 191 Å². The first-order valence-electron chi connectivity index (χ1n) is 11.1. The Morgan fingerprint density at radius 2 is 2.15 bits per heavy atom. The van der Waals surface area contributed by atoms with Crippen LogP contribution in [0.5, 0.6) is 11.5 Å². The van der Waals surface area contributed by atoms with Crippen LogP contribution >= 0.6 is 0 Å². The number of phenolic OH excluding ortho intramolecular Hbond substituents is 1. The number of hydrogen-bond donors (Lipinski definition) is 1. The topological polar surface area (TPSA) is 104 Å². The predicted octanol–water partition coefficient (Wildman–Crippen LogP) is 3.95. The van der Waals surface area contributed by atoms with E-state index in [1.807, 2.05) is 0 Å². The van der Waals surface area contributed by atoms with Gasteiger partial charge >= 0.3 is 5.97 Å². The molecule has 2 unspecified atom stereocenters. The second kappa shape index (κ2) is 10.7. The Kier molecular flexibility index (Phi) is 7.47. The van der Waals surface area contributed by atoms with Crippen LogP contribution < -0.4 is 10.2 Å². The maximum absolute atomic E-state index is 13.2. The van der Waals surface area contributed by atoms with Crippen LogP contribution in [-0.2, 0) is 19.0 Å². The number of ether oxygens (including phenoxy) is 4. The van der Waals surface area contributed by atoms with Gasteiger partial charge in [0.15, 0.2) is 5.76 Å². The SMILES string of the molecule is COC(=O)CCCOc1c(C2COCC(CC3=CC=CCC3)O2)oc2cc(O)ccc2c1=O. The molecule has 1 aromatic carbocycles. The van der Waals surface area contributed by atoms with Crippen molar-refractivity contribution in [3.05, 3.63) is 58.0 Å². The molecule has 0 amide bonds. The molecule has 1 N–H and O–H groups in total. The molecule has 1 aliphatic heterocycles. The summed E-state index contributed by atoms with van der Waals surface area (Å²) < 4.78 is 28.5. The molecule has 2 heterocycles. The van der Waals surface area contributed by atoms with Crippen molar-refractivity contribution in [3.8, 4) is 11.5 Å². The molecule has 0 spiro atoms. The summed E-state index contributed by atoms with van der Waals surface area (Å²) in [5.74, 6) is -0.108. The minimum absolute atomic E-state index is 0.0145. The molecule has 0 bridgehead atoms. The van der Waals surface area contributed by atoms with E-state index >= 15 is 0 Å². The van der Waals surface area contributed by atoms with Crippen LogP contribution in [0.3, 0.4) is 0 Å². The minimum Gasteiger partial charge on any atom is -0.508 e. The fraction of sp³-hybridized carbons (Fsp3) is 0.440. The Balaban J connectivity index is 1.59. The van der Waals surface area contributed by atoms with Gasteiger partial charge in [0, 0.05) is 12.5 Å². The van der Waals surface area contributed by atoms with E-state index in [4.69, 9.17) is 18.6 Å². The highest BCUT2D eigenvalue weighted by atomic mass is 16.6. The fourth-order valence-corrected chi connectivity index (χ4v) is 4.00. The van der Waals surface area contributed by atoms with E-state index < -0.39 is 6.10 Å². The largest absolute Gasteiger partial charge is 0.508 e. The number of carbonyl (C=O) groups excluding carboxylic acids is 1. The van der Waals surface area contributed by atoms with Gasteiger partial charge in [-0.1, -0.05) is 23.8 Å². The summed E-state index contributed by atoms with van der Waals surface area (Å²) in [6, 6.07) is 4.30. The standard InChI is InChI=1S/C25H28O8/c1-29-22(27)8-5-11-31-25-23(28)19-10-9-17(26)13-20(19)33-24(25)21-15-30-14-18(32-21)12-16-6-3-2-4-7-16/h2-3,6,9-10,13,18,21,26H,4-5,7-8,11-12,14-15H2,1H3. The molecule has 1 fully saturated rings. The van der Waals surface area contributed by atoms with Crippen molar-refractivity contribution in [2.75, 3.05) is 26.9 Å². The molecule has 8 nitrogen and oxygen atoms in total. The van der Waals surface area contributed by atoms with Crippen LogP contribution in [0.25, 0.3) is 11.0 Å². The molecule has 2 aliphatic rings. The zero-order valence-electron chi connectivity index (χ0n) is 18.6. The molecular formula is C25H28O8. The van der Waals surface area contributed by atoms with Crippen LogP contribution in [-0.4, -0.2) is 44.1 Å². The lowest BCUT2D eigenvalue weighted by Gasteiger charge is -2.31. The number of hydrogen-bond acceptors (Lipinski definition) is 8. The molecule has 8 heteroatoms. The highest BCUT2D eigenvalue weighted by Crippen LogP contribution is 2.34. The molecule has 1 aliphatic carbocycles. The normalized spacial score (nSPS) is 20.5. The molecule has 0 radical (unpaired) electrons. The van der Waals surface area contributed by atoms with Gasteiger partial charge in [-0.3, -0.25) is 9.59 Å². The van der Waals surface area contributed by atoms with Gasteiger partial charge in [0.25, 0.3) is 0 Å². The van der Waals surface area contributed by atoms with Crippen LogP contribution in [0.4, 0.5) is 0 Å². The lowest BCUT2D eigenvalue weighted by atomic mass is 9.99. The number of benzene rings is 1. The Bertz CT molecular complexity index is 1110. The quantitative estimate of drug-likeness (QED) is 0.470. The molecule has 4 rings (SSSR count). The summed E-state index contributed by atoms with van der Waals surface area (Å²) in [5, 5.41) is 10.1. The van der Waals surface area contributed by atoms with Gasteiger partial charge in [0.1, 0.15) is 17.4 Å². The van der Waals surface area contributed by atoms with Crippen molar-refractivity contribution < 1.29 is 33.3 Å². The second-order valence-corrected chi connectivity index (χ2v) is 8.11. The van der Waals surface area contributed by atoms with Crippen molar-refractivity contribution in [1.29, 1.82) is 0 Å². The smallest absolute Gasteiger partial charge is 0.305 e. The van der Waals surface area contributed by atoms with E-state index in [0.717, 1.165) is 19.3 Å². The van der Waals surface area contributed by atoms with E-state index in [-0.39, 0.29) is 65.4 Å². The third-order valence-corrected chi connectivity index (χ3v) is 5.67. The van der Waals surface area contributed by atoms with Crippen LogP contribution in [0, 0.1) is 0 Å². The number of aromatic hydroxyl groups is 1. The van der Waals surface area contributed by atoms with Crippen LogP contribution in [0.1, 0.15) is 44.0 Å². The lowest BCUT2D eigenvalue weighted by molar-refractivity contribution is -0.146. The summed E-state index contributed by atoms with van der Waals surface area (Å²) in [5.41, 5.74) is 1.16. The number of esters is 1. The van der Waals surface area contributed by atoms with Gasteiger partial charge in [-0.2, -0.15) is 0 Å². The molecule has 1 aromatic heterocycles. The first-order chi connectivity index (χ1) is 16.0. The van der Waals surface area contributed by atoms with Gasteiger partial charge in [-0.25, -0.2) is 0 Å². The highest BCUT2D eigenvalue weighted by Gasteiger charge is 2.31. The minimum atomic E-state index is -0.640. The monoisotopic (exact) mass is 456 g/mol. The zero-order chi connectivity index (χ0) is 23.2. The summed E-state index contributed by atoms with van der Waals surface area (Å²) in [7, 11) is 1.32. The molecule has 2 aromatic rings. The van der Waals surface area contributed by atoms with E-state index in [9.17, 15) is 14.7 Å². The second-order valence-electron chi connectivity index (χ2n) is 8.11. The summed E-state index contributed by atoms with van der Waals surface area (Å²) >= 11 is 0. The molecular weight excluding hydrogens is 428 g/mol. The third kappa shape index (κ3) is 5.64. The summed E-state index contributed by atoms with van der Waals surface area (Å²) in [4.78, 5) is 24.6. The van der Waals surface area contributed by atoms with Gasteiger partial charge in [0.2, 0.25) is 11.2 Å². The van der Waals surface area contributed by atoms with Gasteiger partial charge < -0.3 is 28.5 Å². The Morgan fingerprint density at radius 1 is 1.27 bits per heavy atom. The first-order valence-corrected chi connectivity index (χ1v) is 11.1. The van der Waals surface area contributed by atoms with Crippen molar-refractivity contribution in [2.24, 2.45) is 0 Å². The van der Waals surface area contributed by atoms with E-state index in [0.29, 0.717) is 13.0 Å². The van der Waals surface area contributed by atoms with Crippen molar-refractivity contribution in [2.45, 2.75) is 44.3 Å². The molecule has 1 saturated heterocycles. The number of fused-ring (bicyclic) bond motifs is 1. The first kappa shape index (κ1) is 23.1. The average Bonchev–Trinajstić information content (AvgIpc) is 2.83. The number of carbonyl (C=O) groups is 1. The average molecular weight is 456 g/mol. The van der Waals surface area contributed by atoms with Crippen LogP contribution in [0.15, 0.2) is 51.2 Å². The third-order valence-electron chi connectivity index (χ3n) is 5.67. The molecule has 2 atom stereocenters. The van der Waals surface area contributed by atoms with Crippen LogP contribution in [0.2, 0.25) is 0 Å². The maximum Gasteiger partial charge on any atom is 0.305 e. The number of methoxy groups -OCH3 is 1. The molecule has 176 valence electrons. The number of rotatable bonds is 8. The van der Waals surface area contributed by atoms with Crippen molar-refractivity contribution >= 4 is 16.9 Å². The zero-order valence-corrected chi connectivity index (χ0v) is 18.6. The molecule has 0 saturated carbocycles. The maximum atomic E-state index is 13.2. The highest BCUT2D eigenvalue weighted by molar-refractivity contribution is 5.79. The van der Waals surface area contributed by atoms with Crippen molar-refractivity contribution in [3.63, 3.8) is 0 Å². The lowest BCUT2D eigenvalue weighted by Crippen LogP contribution is -2.32. The Morgan fingerprint density at radius 3 is 2.94 bits per heavy atom. The van der Waals surface area contributed by atoms with Crippen molar-refractivity contribution in [1.82, 2.24) is 0 Å². The van der Waals surface area contributed by atoms with Gasteiger partial charge in [0.05, 0.1) is 38.4 Å². The predicted molar refractivity (Wildman–Crippen MR) is 120 cm³/mol. The van der Waals surface area contributed by atoms with E-state index in [2.05, 4.69) is 23.0 Å². The van der Waals surface area contributed by atoms with E-state index in [1.54, 1.807) is 0 Å². The number of phenols is 1. The summed E-state index contributed by atoms with van der Waals surface area (Å²) in [6.07, 6.45) is 8.74.